The van der Waals surface area contributed by atoms with E-state index in [0.717, 1.165) is 7.05 Å². The lowest BCUT2D eigenvalue weighted by atomic mass is 10.1. The molecule has 0 fully saturated rings. The van der Waals surface area contributed by atoms with Crippen LogP contribution in [0.5, 0.6) is 11.5 Å². The third-order valence-electron chi connectivity index (χ3n) is 1.82. The predicted octanol–water partition coefficient (Wildman–Crippen LogP) is 1.57. The lowest BCUT2D eigenvalue weighted by Gasteiger charge is -2.09. The van der Waals surface area contributed by atoms with Gasteiger partial charge in [0.2, 0.25) is 6.79 Å². The summed E-state index contributed by atoms with van der Waals surface area (Å²) < 4.78 is 72.0. The Hall–Kier alpha value is -1.22. The van der Waals surface area contributed by atoms with E-state index in [1.54, 1.807) is 0 Å². The minimum atomic E-state index is -2.83. The Morgan fingerprint density at radius 2 is 2.57 bits per heavy atom. The summed E-state index contributed by atoms with van der Waals surface area (Å²) in [7, 11) is 1.13. The first-order chi connectivity index (χ1) is 10.0. The number of fused-ring (bicyclic) bond motifs is 1. The van der Waals surface area contributed by atoms with Crippen LogP contribution < -0.4 is 14.8 Å². The van der Waals surface area contributed by atoms with Gasteiger partial charge in [0.25, 0.3) is 0 Å². The Bertz CT molecular complexity index is 603. The van der Waals surface area contributed by atoms with Crippen molar-refractivity contribution >= 4 is 0 Å². The number of benzene rings is 1. The summed E-state index contributed by atoms with van der Waals surface area (Å²) in [5.41, 5.74) is -0.125. The molecule has 0 amide bonds. The number of rotatable bonds is 3. The van der Waals surface area contributed by atoms with Gasteiger partial charge in [-0.25, -0.2) is 0 Å². The molecule has 0 saturated carbocycles. The molecule has 1 atom stereocenters. The average molecular weight is 201 g/mol. The summed E-state index contributed by atoms with van der Waals surface area (Å²) in [6.45, 7) is -3.01. The lowest BCUT2D eigenvalue weighted by molar-refractivity contribution is 0.174. The lowest BCUT2D eigenvalue weighted by Crippen LogP contribution is -2.23. The van der Waals surface area contributed by atoms with Gasteiger partial charge in [-0.15, -0.1) is 0 Å². The molecule has 1 aromatic rings. The molecule has 1 aromatic carbocycles. The van der Waals surface area contributed by atoms with E-state index < -0.39 is 25.3 Å². The molecule has 0 spiro atoms. The maximum atomic E-state index is 8.10. The molecular formula is C11H15NO2. The number of ether oxygens (including phenoxy) is 2. The van der Waals surface area contributed by atoms with Crippen molar-refractivity contribution in [2.45, 2.75) is 19.3 Å². The van der Waals surface area contributed by atoms with E-state index >= 15 is 0 Å². The normalized spacial score (nSPS) is 27.3. The molecule has 14 heavy (non-hydrogen) atoms. The van der Waals surface area contributed by atoms with E-state index in [1.165, 1.54) is 0 Å². The molecule has 76 valence electrons. The van der Waals surface area contributed by atoms with E-state index in [4.69, 9.17) is 20.5 Å². The van der Waals surface area contributed by atoms with Crippen LogP contribution in [0.3, 0.4) is 0 Å². The van der Waals surface area contributed by atoms with Crippen LogP contribution in [0.1, 0.15) is 22.0 Å². The summed E-state index contributed by atoms with van der Waals surface area (Å²) in [5, 5.41) is 0.479. The van der Waals surface area contributed by atoms with Crippen molar-refractivity contribution in [2.24, 2.45) is 0 Å². The van der Waals surface area contributed by atoms with Gasteiger partial charge in [-0.3, -0.25) is 0 Å². The largest absolute Gasteiger partial charge is 0.454 e. The van der Waals surface area contributed by atoms with E-state index in [2.05, 4.69) is 0 Å². The summed E-state index contributed by atoms with van der Waals surface area (Å²) in [4.78, 5) is 0. The van der Waals surface area contributed by atoms with Crippen LogP contribution >= 0.6 is 0 Å². The standard InChI is InChI=1S/C11H15NO2/c1-8(12-2)5-9-3-4-10-11(6-9)14-7-13-10/h3-4,6,8,12H,5,7H2,1-2H3/i1D3,3D,4D,6D,8D/hD. The highest BCUT2D eigenvalue weighted by molar-refractivity contribution is 5.44. The van der Waals surface area contributed by atoms with Gasteiger partial charge in [-0.1, -0.05) is 6.04 Å². The SMILES string of the molecule is [2H]c1c([2H])c2c(c([2H])c1CC([2H])(N([2H])C)C([2H])([2H])[2H])OCO2. The number of hydrogen-bond acceptors (Lipinski definition) is 3. The smallest absolute Gasteiger partial charge is 0.231 e. The maximum Gasteiger partial charge on any atom is 0.231 e. The first-order valence-electron chi connectivity index (χ1n) is 8.06. The van der Waals surface area contributed by atoms with Gasteiger partial charge in [0, 0.05) is 11.5 Å². The molecule has 0 radical (unpaired) electrons. The van der Waals surface area contributed by atoms with Crippen molar-refractivity contribution in [1.82, 2.24) is 5.31 Å². The summed E-state index contributed by atoms with van der Waals surface area (Å²) in [5.74, 6) is -0.0565. The van der Waals surface area contributed by atoms with Gasteiger partial charge in [-0.2, -0.15) is 0 Å². The highest BCUT2D eigenvalue weighted by atomic mass is 16.7. The minimum Gasteiger partial charge on any atom is -0.454 e. The van der Waals surface area contributed by atoms with Crippen LogP contribution in [0.4, 0.5) is 0 Å². The first-order valence-corrected chi connectivity index (χ1v) is 4.11. The molecule has 0 bridgehead atoms. The Labute approximate surface area is 95.3 Å². The second-order valence-electron chi connectivity index (χ2n) is 2.77. The van der Waals surface area contributed by atoms with Gasteiger partial charge < -0.3 is 14.8 Å². The second-order valence-corrected chi connectivity index (χ2v) is 2.77. The Morgan fingerprint density at radius 1 is 1.71 bits per heavy atom. The Balaban J connectivity index is 2.57. The fraction of sp³-hybridized carbons (Fsp3) is 0.455. The highest BCUT2D eigenvalue weighted by Crippen LogP contribution is 2.32. The monoisotopic (exact) mass is 201 g/mol. The van der Waals surface area contributed by atoms with Crippen molar-refractivity contribution in [3.63, 3.8) is 0 Å². The number of hydrogen-bond donors (Lipinski definition) is 1. The molecule has 1 aliphatic rings. The van der Waals surface area contributed by atoms with Crippen LogP contribution in [0.15, 0.2) is 18.1 Å². The second kappa shape index (κ2) is 3.88. The van der Waals surface area contributed by atoms with Crippen molar-refractivity contribution in [2.75, 3.05) is 13.8 Å². The molecule has 0 aromatic heterocycles. The highest BCUT2D eigenvalue weighted by Gasteiger charge is 2.13. The molecule has 1 heterocycles. The van der Waals surface area contributed by atoms with Crippen molar-refractivity contribution in [3.8, 4) is 11.5 Å². The zero-order chi connectivity index (χ0) is 16.9. The van der Waals surface area contributed by atoms with Crippen molar-refractivity contribution in [1.29, 1.82) is 0 Å². The van der Waals surface area contributed by atoms with Gasteiger partial charge in [-0.05, 0) is 38.0 Å². The van der Waals surface area contributed by atoms with Crippen molar-refractivity contribution in [3.05, 3.63) is 23.7 Å². The molecule has 2 rings (SSSR count). The summed E-state index contributed by atoms with van der Waals surface area (Å²) in [6, 6.07) is -3.34. The molecule has 3 heteroatoms. The third kappa shape index (κ3) is 1.82. The zero-order valence-corrected chi connectivity index (χ0v) is 7.68. The van der Waals surface area contributed by atoms with Crippen LogP contribution in [-0.4, -0.2) is 19.9 Å². The predicted molar refractivity (Wildman–Crippen MR) is 54.8 cm³/mol. The van der Waals surface area contributed by atoms with E-state index in [1.807, 2.05) is 0 Å². The average Bonchev–Trinajstić information content (AvgIpc) is 2.89. The number of nitrogens with one attached hydrogen (secondary N) is 1. The Kier molecular flexibility index (Phi) is 1.04. The van der Waals surface area contributed by atoms with E-state index in [9.17, 15) is 0 Å². The molecule has 0 aliphatic carbocycles. The van der Waals surface area contributed by atoms with Gasteiger partial charge in [0.1, 0.15) is 1.41 Å². The van der Waals surface area contributed by atoms with Crippen LogP contribution in [0, 0.1) is 0 Å². The minimum absolute atomic E-state index is 0.0255. The zero-order valence-electron chi connectivity index (χ0n) is 15.7. The van der Waals surface area contributed by atoms with Crippen LogP contribution in [0.25, 0.3) is 0 Å². The molecule has 1 unspecified atom stereocenters. The van der Waals surface area contributed by atoms with Gasteiger partial charge in [0.15, 0.2) is 11.5 Å². The van der Waals surface area contributed by atoms with Crippen molar-refractivity contribution < 1.29 is 20.5 Å². The summed E-state index contributed by atoms with van der Waals surface area (Å²) >= 11 is 0. The third-order valence-corrected chi connectivity index (χ3v) is 1.82. The molecule has 0 saturated heterocycles. The molecule has 3 nitrogen and oxygen atoms in total. The first kappa shape index (κ1) is 3.74. The molecule has 1 N–H and O–H groups in total. The summed E-state index contributed by atoms with van der Waals surface area (Å²) in [6.07, 6.45) is -0.580. The van der Waals surface area contributed by atoms with Crippen LogP contribution in [-0.2, 0) is 6.42 Å². The van der Waals surface area contributed by atoms with E-state index in [-0.39, 0.29) is 35.9 Å². The molecular weight excluding hydrogens is 178 g/mol. The molecule has 1 aliphatic heterocycles. The fourth-order valence-corrected chi connectivity index (χ4v) is 1.10. The van der Waals surface area contributed by atoms with Gasteiger partial charge in [0.05, 0.1) is 4.11 Å². The van der Waals surface area contributed by atoms with Crippen LogP contribution in [0.2, 0.25) is 1.41 Å². The maximum absolute atomic E-state index is 8.10. The quantitative estimate of drug-likeness (QED) is 0.805. The Morgan fingerprint density at radius 3 is 3.36 bits per heavy atom. The topological polar surface area (TPSA) is 30.5 Å². The van der Waals surface area contributed by atoms with E-state index in [0.29, 0.717) is 5.31 Å². The van der Waals surface area contributed by atoms with Gasteiger partial charge >= 0.3 is 0 Å². The fourth-order valence-electron chi connectivity index (χ4n) is 1.10. The number of likely N-dealkylation sites (N-methyl/N-ethyl adjacent to an activating group) is 1.